The summed E-state index contributed by atoms with van der Waals surface area (Å²) in [6.07, 6.45) is 2.00. The Kier molecular flexibility index (Phi) is 3.58. The maximum absolute atomic E-state index is 11.8. The molecule has 0 unspecified atom stereocenters. The molecule has 4 rings (SSSR count). The number of benzene rings is 2. The van der Waals surface area contributed by atoms with Gasteiger partial charge in [-0.2, -0.15) is 0 Å². The van der Waals surface area contributed by atoms with Crippen LogP contribution < -0.4 is 0 Å². The third-order valence-corrected chi connectivity index (χ3v) is 4.53. The zero-order chi connectivity index (χ0) is 16.7. The number of ether oxygens (including phenoxy) is 1. The highest BCUT2D eigenvalue weighted by atomic mass is 79.9. The second kappa shape index (κ2) is 5.76. The summed E-state index contributed by atoms with van der Waals surface area (Å²) in [5.41, 5.74) is 5.11. The molecule has 2 aromatic heterocycles. The Labute approximate surface area is 146 Å². The topological polar surface area (TPSA) is 43.6 Å². The van der Waals surface area contributed by atoms with E-state index < -0.39 is 0 Å². The first-order chi connectivity index (χ1) is 11.7. The summed E-state index contributed by atoms with van der Waals surface area (Å²) < 4.78 is 7.91. The van der Waals surface area contributed by atoms with Gasteiger partial charge in [0.05, 0.1) is 34.9 Å². The number of aromatic nitrogens is 2. The average molecular weight is 381 g/mol. The summed E-state index contributed by atoms with van der Waals surface area (Å²) in [7, 11) is 1.38. The van der Waals surface area contributed by atoms with Gasteiger partial charge < -0.3 is 9.14 Å². The molecule has 0 amide bonds. The van der Waals surface area contributed by atoms with E-state index in [1.165, 1.54) is 7.11 Å². The van der Waals surface area contributed by atoms with E-state index >= 15 is 0 Å². The summed E-state index contributed by atoms with van der Waals surface area (Å²) in [5.74, 6) is -0.364. The maximum Gasteiger partial charge on any atom is 0.337 e. The quantitative estimate of drug-likeness (QED) is 0.473. The Bertz CT molecular complexity index is 1070. The number of nitrogens with zero attached hydrogens (tertiary/aromatic N) is 2. The standard InChI is InChI=1S/C19H13BrN2O2/c1-24-19(23)13-6-9-16-15(11-13)21-18(17-3-2-10-22(16)17)12-4-7-14(20)8-5-12/h2-11H,1H3. The zero-order valence-corrected chi connectivity index (χ0v) is 14.4. The number of hydrogen-bond donors (Lipinski definition) is 0. The Morgan fingerprint density at radius 3 is 2.62 bits per heavy atom. The number of methoxy groups -OCH3 is 1. The molecular formula is C19H13BrN2O2. The second-order valence-corrected chi connectivity index (χ2v) is 6.34. The first-order valence-corrected chi connectivity index (χ1v) is 8.22. The van der Waals surface area contributed by atoms with Gasteiger partial charge in [-0.15, -0.1) is 0 Å². The van der Waals surface area contributed by atoms with Crippen LogP contribution in [0.3, 0.4) is 0 Å². The van der Waals surface area contributed by atoms with Gasteiger partial charge in [-0.25, -0.2) is 9.78 Å². The van der Waals surface area contributed by atoms with Crippen molar-refractivity contribution < 1.29 is 9.53 Å². The van der Waals surface area contributed by atoms with Crippen LogP contribution >= 0.6 is 15.9 Å². The molecule has 4 aromatic rings. The molecule has 5 heteroatoms. The molecular weight excluding hydrogens is 368 g/mol. The van der Waals surface area contributed by atoms with Gasteiger partial charge in [0.15, 0.2) is 0 Å². The van der Waals surface area contributed by atoms with Crippen molar-refractivity contribution in [3.05, 3.63) is 70.8 Å². The normalized spacial score (nSPS) is 11.1. The van der Waals surface area contributed by atoms with Gasteiger partial charge in [0.25, 0.3) is 0 Å². The lowest BCUT2D eigenvalue weighted by Crippen LogP contribution is -2.02. The third kappa shape index (κ3) is 2.37. The predicted molar refractivity (Wildman–Crippen MR) is 97.2 cm³/mol. The van der Waals surface area contributed by atoms with E-state index in [1.54, 1.807) is 12.1 Å². The minimum absolute atomic E-state index is 0.364. The molecule has 4 nitrogen and oxygen atoms in total. The average Bonchev–Trinajstić information content (AvgIpc) is 3.10. The fourth-order valence-corrected chi connectivity index (χ4v) is 3.11. The Morgan fingerprint density at radius 1 is 1.08 bits per heavy atom. The number of rotatable bonds is 2. The van der Waals surface area contributed by atoms with Gasteiger partial charge in [0.2, 0.25) is 0 Å². The van der Waals surface area contributed by atoms with E-state index in [1.807, 2.05) is 48.7 Å². The minimum Gasteiger partial charge on any atom is -0.465 e. The lowest BCUT2D eigenvalue weighted by molar-refractivity contribution is 0.0601. The van der Waals surface area contributed by atoms with Crippen LogP contribution in [0.15, 0.2) is 65.3 Å². The molecule has 0 N–H and O–H groups in total. The molecule has 0 saturated carbocycles. The van der Waals surface area contributed by atoms with Crippen molar-refractivity contribution in [3.8, 4) is 11.3 Å². The lowest BCUT2D eigenvalue weighted by atomic mass is 10.1. The number of halogens is 1. The number of carbonyl (C=O) groups excluding carboxylic acids is 1. The molecule has 24 heavy (non-hydrogen) atoms. The van der Waals surface area contributed by atoms with Crippen molar-refractivity contribution in [3.63, 3.8) is 0 Å². The molecule has 0 aliphatic rings. The van der Waals surface area contributed by atoms with Crippen molar-refractivity contribution in [1.29, 1.82) is 0 Å². The molecule has 118 valence electrons. The van der Waals surface area contributed by atoms with Crippen LogP contribution in [-0.2, 0) is 4.74 Å². The summed E-state index contributed by atoms with van der Waals surface area (Å²) in [6.45, 7) is 0. The van der Waals surface area contributed by atoms with Gasteiger partial charge >= 0.3 is 5.97 Å². The van der Waals surface area contributed by atoms with E-state index in [-0.39, 0.29) is 5.97 Å². The lowest BCUT2D eigenvalue weighted by Gasteiger charge is -2.10. The molecule has 2 aromatic carbocycles. The van der Waals surface area contributed by atoms with Gasteiger partial charge in [0.1, 0.15) is 0 Å². The molecule has 0 atom stereocenters. The number of fused-ring (bicyclic) bond motifs is 3. The van der Waals surface area contributed by atoms with Gasteiger partial charge in [-0.1, -0.05) is 28.1 Å². The van der Waals surface area contributed by atoms with Gasteiger partial charge in [-0.3, -0.25) is 0 Å². The Morgan fingerprint density at radius 2 is 1.88 bits per heavy atom. The SMILES string of the molecule is COC(=O)c1ccc2c(c1)nc(-c1ccc(Br)cc1)c1cccn12. The smallest absolute Gasteiger partial charge is 0.337 e. The number of carbonyl (C=O) groups is 1. The van der Waals surface area contributed by atoms with Crippen molar-refractivity contribution in [2.75, 3.05) is 7.11 Å². The third-order valence-electron chi connectivity index (χ3n) is 4.00. The molecule has 0 saturated heterocycles. The first-order valence-electron chi connectivity index (χ1n) is 7.42. The van der Waals surface area contributed by atoms with E-state index in [9.17, 15) is 4.79 Å². The van der Waals surface area contributed by atoms with Crippen LogP contribution in [0.1, 0.15) is 10.4 Å². The van der Waals surface area contributed by atoms with Crippen LogP contribution in [-0.4, -0.2) is 22.5 Å². The van der Waals surface area contributed by atoms with E-state index in [2.05, 4.69) is 20.3 Å². The van der Waals surface area contributed by atoms with Crippen LogP contribution in [0.2, 0.25) is 0 Å². The molecule has 0 aliphatic carbocycles. The molecule has 0 radical (unpaired) electrons. The van der Waals surface area contributed by atoms with Crippen molar-refractivity contribution in [1.82, 2.24) is 9.38 Å². The molecule has 0 fully saturated rings. The van der Waals surface area contributed by atoms with Crippen LogP contribution in [0.5, 0.6) is 0 Å². The van der Waals surface area contributed by atoms with E-state index in [0.29, 0.717) is 5.56 Å². The Hall–Kier alpha value is -2.66. The number of esters is 1. The fraction of sp³-hybridized carbons (Fsp3) is 0.0526. The fourth-order valence-electron chi connectivity index (χ4n) is 2.84. The highest BCUT2D eigenvalue weighted by Gasteiger charge is 2.12. The molecule has 0 aliphatic heterocycles. The van der Waals surface area contributed by atoms with E-state index in [4.69, 9.17) is 9.72 Å². The minimum atomic E-state index is -0.364. The highest BCUT2D eigenvalue weighted by Crippen LogP contribution is 2.28. The summed E-state index contributed by atoms with van der Waals surface area (Å²) >= 11 is 3.46. The highest BCUT2D eigenvalue weighted by molar-refractivity contribution is 9.10. The van der Waals surface area contributed by atoms with Gasteiger partial charge in [-0.05, 0) is 42.5 Å². The van der Waals surface area contributed by atoms with Crippen molar-refractivity contribution in [2.45, 2.75) is 0 Å². The summed E-state index contributed by atoms with van der Waals surface area (Å²) in [5, 5.41) is 0. The zero-order valence-electron chi connectivity index (χ0n) is 12.9. The number of hydrogen-bond acceptors (Lipinski definition) is 3. The van der Waals surface area contributed by atoms with Crippen LogP contribution in [0, 0.1) is 0 Å². The first kappa shape index (κ1) is 14.9. The van der Waals surface area contributed by atoms with E-state index in [0.717, 1.165) is 32.3 Å². The summed E-state index contributed by atoms with van der Waals surface area (Å²) in [4.78, 5) is 16.6. The molecule has 2 heterocycles. The molecule has 0 bridgehead atoms. The van der Waals surface area contributed by atoms with Gasteiger partial charge in [0, 0.05) is 16.2 Å². The summed E-state index contributed by atoms with van der Waals surface area (Å²) in [6, 6.07) is 17.5. The monoisotopic (exact) mass is 380 g/mol. The van der Waals surface area contributed by atoms with Crippen LogP contribution in [0.4, 0.5) is 0 Å². The predicted octanol–water partition coefficient (Wildman–Crippen LogP) is 4.70. The van der Waals surface area contributed by atoms with Crippen molar-refractivity contribution >= 4 is 38.4 Å². The largest absolute Gasteiger partial charge is 0.465 e. The Balaban J connectivity index is 2.02. The maximum atomic E-state index is 11.8. The van der Waals surface area contributed by atoms with Crippen molar-refractivity contribution in [2.24, 2.45) is 0 Å². The van der Waals surface area contributed by atoms with Crippen LogP contribution in [0.25, 0.3) is 27.8 Å². The molecule has 0 spiro atoms. The second-order valence-electron chi connectivity index (χ2n) is 5.43.